The maximum Gasteiger partial charge on any atom is 0.270 e. The van der Waals surface area contributed by atoms with Gasteiger partial charge in [-0.1, -0.05) is 66.6 Å². The molecule has 2 aromatic heterocycles. The lowest BCUT2D eigenvalue weighted by molar-refractivity contribution is 0.101. The van der Waals surface area contributed by atoms with Crippen LogP contribution in [-0.4, -0.2) is 49.1 Å². The Kier molecular flexibility index (Phi) is 8.32. The first-order valence-corrected chi connectivity index (χ1v) is 14.6. The number of H-pyrrole nitrogens is 1. The van der Waals surface area contributed by atoms with Crippen LogP contribution in [0.5, 0.6) is 5.75 Å². The molecule has 6 aromatic rings. The molecule has 0 saturated carbocycles. The molecule has 4 aromatic carbocycles. The molecule has 0 atom stereocenters. The van der Waals surface area contributed by atoms with Gasteiger partial charge in [0.1, 0.15) is 11.6 Å². The number of nitrogens with one attached hydrogen (secondary N) is 3. The van der Waals surface area contributed by atoms with Gasteiger partial charge in [0.05, 0.1) is 23.8 Å². The first-order chi connectivity index (χ1) is 21.9. The third kappa shape index (κ3) is 6.14. The zero-order chi connectivity index (χ0) is 31.3. The van der Waals surface area contributed by atoms with Gasteiger partial charge in [0.2, 0.25) is 0 Å². The molecule has 6 rings (SSSR count). The summed E-state index contributed by atoms with van der Waals surface area (Å²) in [7, 11) is 1.58. The third-order valence-electron chi connectivity index (χ3n) is 7.56. The summed E-state index contributed by atoms with van der Waals surface area (Å²) >= 11 is 0. The summed E-state index contributed by atoms with van der Waals surface area (Å²) < 4.78 is 7.60. The van der Waals surface area contributed by atoms with Crippen LogP contribution < -0.4 is 15.4 Å². The summed E-state index contributed by atoms with van der Waals surface area (Å²) in [6.45, 7) is 4.68. The summed E-state index contributed by atoms with van der Waals surface area (Å²) in [5.74, 6) is 1.12. The molecule has 45 heavy (non-hydrogen) atoms. The number of amides is 2. The average Bonchev–Trinajstić information content (AvgIpc) is 3.70. The predicted molar refractivity (Wildman–Crippen MR) is 173 cm³/mol. The Morgan fingerprint density at radius 3 is 2.47 bits per heavy atom. The lowest BCUT2D eigenvalue weighted by atomic mass is 9.98. The fourth-order valence-corrected chi connectivity index (χ4v) is 5.39. The van der Waals surface area contributed by atoms with E-state index in [-0.39, 0.29) is 17.8 Å². The Labute approximate surface area is 259 Å². The molecule has 0 bridgehead atoms. The number of aryl methyl sites for hydroxylation is 2. The maximum absolute atomic E-state index is 13.4. The van der Waals surface area contributed by atoms with Crippen LogP contribution in [0.1, 0.15) is 51.0 Å². The number of benzene rings is 4. The first kappa shape index (κ1) is 29.2. The predicted octanol–water partition coefficient (Wildman–Crippen LogP) is 6.04. The lowest BCUT2D eigenvalue weighted by Crippen LogP contribution is -2.14. The highest BCUT2D eigenvalue weighted by molar-refractivity contribution is 6.08. The van der Waals surface area contributed by atoms with E-state index in [0.717, 1.165) is 52.0 Å². The molecule has 226 valence electrons. The van der Waals surface area contributed by atoms with Crippen molar-refractivity contribution >= 4 is 34.5 Å². The van der Waals surface area contributed by atoms with E-state index in [0.29, 0.717) is 29.1 Å². The van der Waals surface area contributed by atoms with Crippen LogP contribution in [0, 0.1) is 6.92 Å². The Hall–Kier alpha value is -5.84. The van der Waals surface area contributed by atoms with Crippen molar-refractivity contribution in [3.8, 4) is 16.9 Å². The van der Waals surface area contributed by atoms with E-state index >= 15 is 0 Å². The van der Waals surface area contributed by atoms with Crippen LogP contribution in [0.15, 0.2) is 84.9 Å². The van der Waals surface area contributed by atoms with Crippen molar-refractivity contribution in [3.63, 3.8) is 0 Å². The number of methoxy groups -OCH3 is 1. The molecule has 0 radical (unpaired) electrons. The number of tetrazole rings is 1. The Morgan fingerprint density at radius 1 is 0.933 bits per heavy atom. The molecule has 0 spiro atoms. The molecule has 0 fully saturated rings. The van der Waals surface area contributed by atoms with Gasteiger partial charge in [-0.05, 0) is 71.1 Å². The van der Waals surface area contributed by atoms with Crippen LogP contribution in [0.3, 0.4) is 0 Å². The maximum atomic E-state index is 13.4. The second-order valence-corrected chi connectivity index (χ2v) is 10.6. The van der Waals surface area contributed by atoms with Gasteiger partial charge in [-0.25, -0.2) is 4.98 Å². The summed E-state index contributed by atoms with van der Waals surface area (Å²) in [4.78, 5) is 31.3. The molecule has 2 heterocycles. The smallest absolute Gasteiger partial charge is 0.270 e. The number of aromatic amines is 1. The Bertz CT molecular complexity index is 1980. The zero-order valence-electron chi connectivity index (χ0n) is 25.2. The van der Waals surface area contributed by atoms with E-state index in [1.165, 1.54) is 0 Å². The van der Waals surface area contributed by atoms with Gasteiger partial charge in [-0.3, -0.25) is 14.9 Å². The van der Waals surface area contributed by atoms with Gasteiger partial charge in [0.25, 0.3) is 17.8 Å². The quantitative estimate of drug-likeness (QED) is 0.174. The number of hydrogen-bond donors (Lipinski definition) is 3. The van der Waals surface area contributed by atoms with E-state index < -0.39 is 0 Å². The number of nitrogens with zero attached hydrogens (tertiary/aromatic N) is 5. The van der Waals surface area contributed by atoms with Gasteiger partial charge in [0.15, 0.2) is 0 Å². The number of hydrogen-bond acceptors (Lipinski definition) is 7. The minimum absolute atomic E-state index is 0.108. The number of aromatic nitrogens is 6. The van der Waals surface area contributed by atoms with Gasteiger partial charge in [-0.15, -0.1) is 5.10 Å². The number of imidazole rings is 1. The Balaban J connectivity index is 1.30. The summed E-state index contributed by atoms with van der Waals surface area (Å²) in [5, 5.41) is 19.1. The Morgan fingerprint density at radius 2 is 1.71 bits per heavy atom. The van der Waals surface area contributed by atoms with Gasteiger partial charge < -0.3 is 14.6 Å². The van der Waals surface area contributed by atoms with Gasteiger partial charge in [-0.2, -0.15) is 5.21 Å². The van der Waals surface area contributed by atoms with Crippen LogP contribution in [0.4, 0.5) is 11.6 Å². The standard InChI is InChI=1S/C34H32N8O3/c1-4-9-30-36-31-21(2)18-24(32(43)35-27-12-7-8-13-29(27)45-3)19-28(31)42(30)20-22-14-16-23(17-15-22)25-10-5-6-11-26(25)33(44)37-34-38-40-41-39-34/h5-8,10-19H,4,9,20H2,1-3H3,(H,35,43)(H2,37,38,39,40,41,44). The first-order valence-electron chi connectivity index (χ1n) is 14.6. The van der Waals surface area contributed by atoms with Crippen LogP contribution >= 0.6 is 0 Å². The lowest BCUT2D eigenvalue weighted by Gasteiger charge is -2.13. The molecular formula is C34H32N8O3. The summed E-state index contributed by atoms with van der Waals surface area (Å²) in [5.41, 5.74) is 7.10. The van der Waals surface area contributed by atoms with Crippen molar-refractivity contribution in [2.45, 2.75) is 33.2 Å². The van der Waals surface area contributed by atoms with Crippen molar-refractivity contribution in [3.05, 3.63) is 113 Å². The third-order valence-corrected chi connectivity index (χ3v) is 7.56. The van der Waals surface area contributed by atoms with E-state index in [1.807, 2.05) is 73.7 Å². The van der Waals surface area contributed by atoms with E-state index in [9.17, 15) is 9.59 Å². The second-order valence-electron chi connectivity index (χ2n) is 10.6. The van der Waals surface area contributed by atoms with Crippen molar-refractivity contribution < 1.29 is 14.3 Å². The van der Waals surface area contributed by atoms with Crippen molar-refractivity contribution in [2.24, 2.45) is 0 Å². The van der Waals surface area contributed by atoms with Gasteiger partial charge in [0, 0.05) is 24.1 Å². The highest BCUT2D eigenvalue weighted by Gasteiger charge is 2.18. The van der Waals surface area contributed by atoms with Gasteiger partial charge >= 0.3 is 0 Å². The van der Waals surface area contributed by atoms with Crippen molar-refractivity contribution in [1.29, 1.82) is 0 Å². The molecule has 0 unspecified atom stereocenters. The van der Waals surface area contributed by atoms with E-state index in [4.69, 9.17) is 9.72 Å². The molecule has 3 N–H and O–H groups in total. The van der Waals surface area contributed by atoms with Crippen LogP contribution in [-0.2, 0) is 13.0 Å². The molecule has 11 nitrogen and oxygen atoms in total. The molecule has 11 heteroatoms. The highest BCUT2D eigenvalue weighted by atomic mass is 16.5. The van der Waals surface area contributed by atoms with E-state index in [2.05, 4.69) is 54.9 Å². The number of carbonyl (C=O) groups is 2. The second kappa shape index (κ2) is 12.8. The monoisotopic (exact) mass is 600 g/mol. The number of ether oxygens (including phenoxy) is 1. The van der Waals surface area contributed by atoms with Crippen LogP contribution in [0.2, 0.25) is 0 Å². The molecule has 0 aliphatic carbocycles. The average molecular weight is 601 g/mol. The summed E-state index contributed by atoms with van der Waals surface area (Å²) in [6, 6.07) is 26.6. The number of rotatable bonds is 10. The topological polar surface area (TPSA) is 140 Å². The number of carbonyl (C=O) groups excluding carboxylic acids is 2. The molecular weight excluding hydrogens is 568 g/mol. The molecule has 0 aliphatic heterocycles. The number of para-hydroxylation sites is 2. The fourth-order valence-electron chi connectivity index (χ4n) is 5.39. The fraction of sp³-hybridized carbons (Fsp3) is 0.176. The van der Waals surface area contributed by atoms with Crippen LogP contribution in [0.25, 0.3) is 22.2 Å². The molecule has 2 amide bonds. The normalized spacial score (nSPS) is 11.0. The van der Waals surface area contributed by atoms with Crippen molar-refractivity contribution in [1.82, 2.24) is 30.2 Å². The minimum atomic E-state index is -0.328. The number of fused-ring (bicyclic) bond motifs is 1. The SMILES string of the molecule is CCCc1nc2c(C)cc(C(=O)Nc3ccccc3OC)cc2n1Cc1ccc(-c2ccccc2C(=O)Nc2nn[nH]n2)cc1. The van der Waals surface area contributed by atoms with Crippen molar-refractivity contribution in [2.75, 3.05) is 17.7 Å². The summed E-state index contributed by atoms with van der Waals surface area (Å²) in [6.07, 6.45) is 1.74. The highest BCUT2D eigenvalue weighted by Crippen LogP contribution is 2.29. The number of anilines is 2. The molecule has 0 saturated heterocycles. The zero-order valence-corrected chi connectivity index (χ0v) is 25.2. The largest absolute Gasteiger partial charge is 0.495 e. The minimum Gasteiger partial charge on any atom is -0.495 e. The molecule has 0 aliphatic rings. The van der Waals surface area contributed by atoms with E-state index in [1.54, 1.807) is 13.2 Å².